The molecule has 15 heavy (non-hydrogen) atoms. The average Bonchev–Trinajstić information content (AvgIpc) is 2.67. The second kappa shape index (κ2) is 4.13. The van der Waals surface area contributed by atoms with Crippen LogP contribution >= 0.6 is 0 Å². The minimum absolute atomic E-state index is 0.405. The van der Waals surface area contributed by atoms with Crippen molar-refractivity contribution in [2.45, 2.75) is 19.3 Å². The number of hydrogen-bond acceptors (Lipinski definition) is 3. The normalized spacial score (nSPS) is 14.1. The van der Waals surface area contributed by atoms with Crippen molar-refractivity contribution >= 4 is 17.8 Å². The molecule has 0 spiro atoms. The molecule has 0 aromatic heterocycles. The molecule has 1 aliphatic rings. The summed E-state index contributed by atoms with van der Waals surface area (Å²) in [5.74, 6) is -0.405. The molecule has 2 N–H and O–H groups in total. The Kier molecular flexibility index (Phi) is 2.67. The standard InChI is InChI=1S/C11H12N2O2/c14-11(7-12-15)13-10-6-2-4-8-3-1-5-9(8)10/h2,4,6-7,15H,1,3,5H2,(H,13,14)/b12-7+. The van der Waals surface area contributed by atoms with Gasteiger partial charge in [0, 0.05) is 5.69 Å². The van der Waals surface area contributed by atoms with Crippen LogP contribution in [0.2, 0.25) is 0 Å². The lowest BCUT2D eigenvalue weighted by molar-refractivity contribution is -0.110. The molecule has 0 fully saturated rings. The van der Waals surface area contributed by atoms with Gasteiger partial charge in [-0.1, -0.05) is 17.3 Å². The number of carbonyl (C=O) groups is 1. The van der Waals surface area contributed by atoms with Gasteiger partial charge < -0.3 is 10.5 Å². The van der Waals surface area contributed by atoms with Crippen LogP contribution < -0.4 is 5.32 Å². The van der Waals surface area contributed by atoms with Crippen LogP contribution in [0.15, 0.2) is 23.4 Å². The van der Waals surface area contributed by atoms with Crippen molar-refractivity contribution in [2.24, 2.45) is 5.16 Å². The molecule has 4 heteroatoms. The van der Waals surface area contributed by atoms with Crippen molar-refractivity contribution in [3.63, 3.8) is 0 Å². The van der Waals surface area contributed by atoms with Crippen LogP contribution in [0.5, 0.6) is 0 Å². The third kappa shape index (κ3) is 1.98. The van der Waals surface area contributed by atoms with E-state index in [-0.39, 0.29) is 0 Å². The van der Waals surface area contributed by atoms with Crippen molar-refractivity contribution in [2.75, 3.05) is 5.32 Å². The first-order valence-corrected chi connectivity index (χ1v) is 4.90. The average molecular weight is 204 g/mol. The van der Waals surface area contributed by atoms with E-state index >= 15 is 0 Å². The molecule has 0 unspecified atom stereocenters. The number of nitrogens with one attached hydrogen (secondary N) is 1. The van der Waals surface area contributed by atoms with Gasteiger partial charge in [0.2, 0.25) is 0 Å². The number of hydrogen-bond donors (Lipinski definition) is 2. The van der Waals surface area contributed by atoms with Crippen LogP contribution in [0, 0.1) is 0 Å². The van der Waals surface area contributed by atoms with Crippen LogP contribution in [0.3, 0.4) is 0 Å². The predicted octanol–water partition coefficient (Wildman–Crippen LogP) is 1.57. The lowest BCUT2D eigenvalue weighted by Crippen LogP contribution is -2.13. The maximum atomic E-state index is 11.2. The second-order valence-electron chi connectivity index (χ2n) is 3.53. The number of carbonyl (C=O) groups excluding carboxylic acids is 1. The Bertz CT molecular complexity index is 413. The Morgan fingerprint density at radius 2 is 2.33 bits per heavy atom. The number of nitrogens with zero attached hydrogens (tertiary/aromatic N) is 1. The van der Waals surface area contributed by atoms with Gasteiger partial charge in [0.15, 0.2) is 0 Å². The first kappa shape index (κ1) is 9.71. The minimum atomic E-state index is -0.405. The van der Waals surface area contributed by atoms with Gasteiger partial charge in [-0.05, 0) is 36.5 Å². The number of rotatable bonds is 2. The molecular formula is C11H12N2O2. The molecule has 1 aromatic carbocycles. The summed E-state index contributed by atoms with van der Waals surface area (Å²) in [6.45, 7) is 0. The fourth-order valence-electron chi connectivity index (χ4n) is 1.95. The number of anilines is 1. The molecule has 1 amide bonds. The van der Waals surface area contributed by atoms with Crippen molar-refractivity contribution < 1.29 is 10.0 Å². The van der Waals surface area contributed by atoms with Gasteiger partial charge in [-0.15, -0.1) is 0 Å². The highest BCUT2D eigenvalue weighted by atomic mass is 16.4. The summed E-state index contributed by atoms with van der Waals surface area (Å²) >= 11 is 0. The largest absolute Gasteiger partial charge is 0.411 e. The van der Waals surface area contributed by atoms with Gasteiger partial charge in [0.25, 0.3) is 5.91 Å². The maximum absolute atomic E-state index is 11.2. The Balaban J connectivity index is 2.22. The van der Waals surface area contributed by atoms with E-state index in [2.05, 4.69) is 16.5 Å². The SMILES string of the molecule is O=C(/C=N/O)Nc1cccc2c1CCC2. The summed E-state index contributed by atoms with van der Waals surface area (Å²) in [6.07, 6.45) is 4.07. The minimum Gasteiger partial charge on any atom is -0.411 e. The topological polar surface area (TPSA) is 61.7 Å². The lowest BCUT2D eigenvalue weighted by atomic mass is 10.1. The first-order chi connectivity index (χ1) is 7.31. The Labute approximate surface area is 87.6 Å². The zero-order valence-electron chi connectivity index (χ0n) is 8.23. The molecule has 0 saturated heterocycles. The molecule has 2 rings (SSSR count). The maximum Gasteiger partial charge on any atom is 0.270 e. The molecule has 1 aromatic rings. The highest BCUT2D eigenvalue weighted by Crippen LogP contribution is 2.28. The van der Waals surface area contributed by atoms with Crippen molar-refractivity contribution in [3.05, 3.63) is 29.3 Å². The van der Waals surface area contributed by atoms with E-state index in [1.54, 1.807) is 0 Å². The Morgan fingerprint density at radius 1 is 1.47 bits per heavy atom. The number of aryl methyl sites for hydroxylation is 1. The highest BCUT2D eigenvalue weighted by molar-refractivity contribution is 6.31. The van der Waals surface area contributed by atoms with Crippen LogP contribution in [0.1, 0.15) is 17.5 Å². The van der Waals surface area contributed by atoms with Crippen LogP contribution in [-0.4, -0.2) is 17.3 Å². The molecule has 0 saturated carbocycles. The summed E-state index contributed by atoms with van der Waals surface area (Å²) in [4.78, 5) is 11.2. The van der Waals surface area contributed by atoms with E-state index < -0.39 is 5.91 Å². The van der Waals surface area contributed by atoms with Crippen LogP contribution in [0.4, 0.5) is 5.69 Å². The third-order valence-electron chi connectivity index (χ3n) is 2.58. The molecular weight excluding hydrogens is 192 g/mol. The molecule has 78 valence electrons. The fraction of sp³-hybridized carbons (Fsp3) is 0.273. The van der Waals surface area contributed by atoms with E-state index in [4.69, 9.17) is 5.21 Å². The second-order valence-corrected chi connectivity index (χ2v) is 3.53. The van der Waals surface area contributed by atoms with Crippen LogP contribution in [0.25, 0.3) is 0 Å². The molecule has 0 radical (unpaired) electrons. The van der Waals surface area contributed by atoms with Gasteiger partial charge in [0.05, 0.1) is 0 Å². The summed E-state index contributed by atoms with van der Waals surface area (Å²) in [6, 6.07) is 5.88. The molecule has 1 aliphatic carbocycles. The quantitative estimate of drug-likeness (QED) is 0.436. The van der Waals surface area contributed by atoms with Gasteiger partial charge in [-0.2, -0.15) is 0 Å². The fourth-order valence-corrected chi connectivity index (χ4v) is 1.95. The summed E-state index contributed by atoms with van der Waals surface area (Å²) < 4.78 is 0. The van der Waals surface area contributed by atoms with E-state index in [0.29, 0.717) is 0 Å². The molecule has 4 nitrogen and oxygen atoms in total. The van der Waals surface area contributed by atoms with E-state index in [1.165, 1.54) is 11.1 Å². The zero-order valence-corrected chi connectivity index (χ0v) is 8.23. The molecule has 0 heterocycles. The monoisotopic (exact) mass is 204 g/mol. The summed E-state index contributed by atoms with van der Waals surface area (Å²) in [5.41, 5.74) is 3.33. The van der Waals surface area contributed by atoms with Crippen molar-refractivity contribution in [1.82, 2.24) is 0 Å². The molecule has 0 bridgehead atoms. The smallest absolute Gasteiger partial charge is 0.270 e. The van der Waals surface area contributed by atoms with Gasteiger partial charge in [-0.25, -0.2) is 0 Å². The molecule has 0 aliphatic heterocycles. The Hall–Kier alpha value is -1.84. The van der Waals surface area contributed by atoms with Crippen molar-refractivity contribution in [3.8, 4) is 0 Å². The number of benzene rings is 1. The van der Waals surface area contributed by atoms with Gasteiger partial charge in [0.1, 0.15) is 6.21 Å². The first-order valence-electron chi connectivity index (χ1n) is 4.90. The van der Waals surface area contributed by atoms with Gasteiger partial charge in [-0.3, -0.25) is 4.79 Å². The number of oxime groups is 1. The van der Waals surface area contributed by atoms with Crippen LogP contribution in [-0.2, 0) is 17.6 Å². The van der Waals surface area contributed by atoms with Crippen molar-refractivity contribution in [1.29, 1.82) is 0 Å². The highest BCUT2D eigenvalue weighted by Gasteiger charge is 2.14. The van der Waals surface area contributed by atoms with E-state index in [1.807, 2.05) is 12.1 Å². The third-order valence-corrected chi connectivity index (χ3v) is 2.58. The van der Waals surface area contributed by atoms with Gasteiger partial charge >= 0.3 is 0 Å². The number of amides is 1. The summed E-state index contributed by atoms with van der Waals surface area (Å²) in [5, 5.41) is 13.6. The molecule has 0 atom stereocenters. The lowest BCUT2D eigenvalue weighted by Gasteiger charge is -2.07. The zero-order chi connectivity index (χ0) is 10.7. The summed E-state index contributed by atoms with van der Waals surface area (Å²) in [7, 11) is 0. The number of fused-ring (bicyclic) bond motifs is 1. The Morgan fingerprint density at radius 3 is 3.13 bits per heavy atom. The van der Waals surface area contributed by atoms with E-state index in [9.17, 15) is 4.79 Å². The predicted molar refractivity (Wildman–Crippen MR) is 57.4 cm³/mol. The van der Waals surface area contributed by atoms with E-state index in [0.717, 1.165) is 31.2 Å².